The Hall–Kier alpha value is -1.89. The van der Waals surface area contributed by atoms with Gasteiger partial charge in [-0.3, -0.25) is 14.4 Å². The maximum absolute atomic E-state index is 11.7. The Morgan fingerprint density at radius 1 is 1.27 bits per heavy atom. The van der Waals surface area contributed by atoms with Crippen LogP contribution in [0.1, 0.15) is 37.0 Å². The lowest BCUT2D eigenvalue weighted by atomic mass is 9.97. The number of carboxylic acids is 1. The second-order valence-electron chi connectivity index (χ2n) is 5.49. The van der Waals surface area contributed by atoms with Crippen molar-refractivity contribution in [1.29, 1.82) is 0 Å². The largest absolute Gasteiger partial charge is 0.481 e. The predicted octanol–water partition coefficient (Wildman–Crippen LogP) is 1.73. The van der Waals surface area contributed by atoms with Gasteiger partial charge in [0.05, 0.1) is 5.92 Å². The van der Waals surface area contributed by atoms with Crippen LogP contribution in [0.15, 0.2) is 16.8 Å². The fourth-order valence-corrected chi connectivity index (χ4v) is 2.59. The van der Waals surface area contributed by atoms with Gasteiger partial charge in [0.15, 0.2) is 0 Å². The summed E-state index contributed by atoms with van der Waals surface area (Å²) >= 11 is 1.43. The van der Waals surface area contributed by atoms with Crippen LogP contribution in [0.2, 0.25) is 0 Å². The molecule has 6 nitrogen and oxygen atoms in total. The van der Waals surface area contributed by atoms with Crippen LogP contribution in [0.5, 0.6) is 0 Å². The third-order valence-electron chi connectivity index (χ3n) is 3.07. The maximum Gasteiger partial charge on any atom is 0.308 e. The average Bonchev–Trinajstić information content (AvgIpc) is 2.96. The molecule has 1 heterocycles. The molecular formula is C15H22N2O4S. The quantitative estimate of drug-likeness (QED) is 0.644. The highest BCUT2D eigenvalue weighted by molar-refractivity contribution is 7.08. The average molecular weight is 326 g/mol. The Morgan fingerprint density at radius 3 is 2.55 bits per heavy atom. The zero-order chi connectivity index (χ0) is 16.5. The molecule has 0 aliphatic rings. The Kier molecular flexibility index (Phi) is 7.59. The van der Waals surface area contributed by atoms with Crippen LogP contribution in [-0.2, 0) is 9.59 Å². The van der Waals surface area contributed by atoms with E-state index in [1.54, 1.807) is 11.4 Å². The fourth-order valence-electron chi connectivity index (χ4n) is 1.95. The smallest absolute Gasteiger partial charge is 0.308 e. The van der Waals surface area contributed by atoms with E-state index in [0.717, 1.165) is 0 Å². The molecule has 0 fully saturated rings. The molecule has 2 amide bonds. The lowest BCUT2D eigenvalue weighted by Crippen LogP contribution is -2.35. The number of aliphatic carboxylic acids is 1. The minimum absolute atomic E-state index is 0.116. The molecule has 0 saturated carbocycles. The first-order valence-electron chi connectivity index (χ1n) is 7.20. The van der Waals surface area contributed by atoms with Crippen molar-refractivity contribution in [3.63, 3.8) is 0 Å². The Bertz CT molecular complexity index is 500. The summed E-state index contributed by atoms with van der Waals surface area (Å²) in [6, 6.07) is 1.71. The Labute approximate surface area is 133 Å². The minimum Gasteiger partial charge on any atom is -0.481 e. The molecule has 122 valence electrons. The molecule has 3 N–H and O–H groups in total. The molecule has 1 unspecified atom stereocenters. The van der Waals surface area contributed by atoms with Crippen molar-refractivity contribution in [3.8, 4) is 0 Å². The molecule has 1 aromatic heterocycles. The van der Waals surface area contributed by atoms with Crippen LogP contribution in [0, 0.1) is 11.8 Å². The molecule has 1 aromatic rings. The predicted molar refractivity (Wildman–Crippen MR) is 84.9 cm³/mol. The summed E-state index contributed by atoms with van der Waals surface area (Å²) in [6.45, 7) is 4.22. The van der Waals surface area contributed by atoms with Gasteiger partial charge in [0.1, 0.15) is 0 Å². The van der Waals surface area contributed by atoms with Crippen molar-refractivity contribution in [2.45, 2.75) is 26.7 Å². The molecular weight excluding hydrogens is 304 g/mol. The van der Waals surface area contributed by atoms with Gasteiger partial charge in [-0.05, 0) is 23.8 Å². The lowest BCUT2D eigenvalue weighted by Gasteiger charge is -2.15. The van der Waals surface area contributed by atoms with E-state index in [1.165, 1.54) is 11.3 Å². The minimum atomic E-state index is -0.903. The monoisotopic (exact) mass is 326 g/mol. The fraction of sp³-hybridized carbons (Fsp3) is 0.533. The summed E-state index contributed by atoms with van der Waals surface area (Å²) in [5.41, 5.74) is 0.577. The number of carbonyl (C=O) groups excluding carboxylic acids is 2. The van der Waals surface area contributed by atoms with Crippen LogP contribution in [-0.4, -0.2) is 36.0 Å². The van der Waals surface area contributed by atoms with E-state index in [2.05, 4.69) is 10.6 Å². The second kappa shape index (κ2) is 9.19. The Balaban J connectivity index is 2.25. The van der Waals surface area contributed by atoms with Gasteiger partial charge in [-0.25, -0.2) is 0 Å². The van der Waals surface area contributed by atoms with Gasteiger partial charge in [0, 0.05) is 30.5 Å². The van der Waals surface area contributed by atoms with Gasteiger partial charge < -0.3 is 15.7 Å². The molecule has 7 heteroatoms. The third kappa shape index (κ3) is 6.71. The number of hydrogen-bond donors (Lipinski definition) is 3. The molecule has 1 atom stereocenters. The summed E-state index contributed by atoms with van der Waals surface area (Å²) in [7, 11) is 0. The molecule has 0 radical (unpaired) electrons. The SMILES string of the molecule is CC(C)CC(CNC(=O)CCNC(=O)c1ccsc1)C(=O)O. The highest BCUT2D eigenvalue weighted by Crippen LogP contribution is 2.11. The molecule has 0 aliphatic carbocycles. The Morgan fingerprint density at radius 2 is 2.00 bits per heavy atom. The van der Waals surface area contributed by atoms with E-state index >= 15 is 0 Å². The molecule has 1 rings (SSSR count). The van der Waals surface area contributed by atoms with Crippen molar-refractivity contribution >= 4 is 29.1 Å². The third-order valence-corrected chi connectivity index (χ3v) is 3.76. The van der Waals surface area contributed by atoms with Crippen LogP contribution in [0.25, 0.3) is 0 Å². The van der Waals surface area contributed by atoms with Crippen LogP contribution < -0.4 is 10.6 Å². The maximum atomic E-state index is 11.7. The summed E-state index contributed by atoms with van der Waals surface area (Å²) in [6.07, 6.45) is 0.647. The highest BCUT2D eigenvalue weighted by Gasteiger charge is 2.19. The van der Waals surface area contributed by atoms with E-state index in [9.17, 15) is 14.4 Å². The topological polar surface area (TPSA) is 95.5 Å². The van der Waals surface area contributed by atoms with Crippen molar-refractivity contribution in [2.24, 2.45) is 11.8 Å². The van der Waals surface area contributed by atoms with E-state index in [1.807, 2.05) is 19.2 Å². The van der Waals surface area contributed by atoms with Crippen LogP contribution in [0.4, 0.5) is 0 Å². The zero-order valence-corrected chi connectivity index (χ0v) is 13.6. The summed E-state index contributed by atoms with van der Waals surface area (Å²) in [4.78, 5) is 34.4. The molecule has 0 bridgehead atoms. The number of carboxylic acid groups (broad SMARTS) is 1. The highest BCUT2D eigenvalue weighted by atomic mass is 32.1. The molecule has 0 saturated heterocycles. The molecule has 22 heavy (non-hydrogen) atoms. The van der Waals surface area contributed by atoms with Crippen LogP contribution in [0.3, 0.4) is 0 Å². The van der Waals surface area contributed by atoms with E-state index < -0.39 is 11.9 Å². The number of hydrogen-bond acceptors (Lipinski definition) is 4. The molecule has 0 aliphatic heterocycles. The summed E-state index contributed by atoms with van der Waals surface area (Å²) in [5, 5.41) is 17.9. The second-order valence-corrected chi connectivity index (χ2v) is 6.27. The number of thiophene rings is 1. The number of nitrogens with one attached hydrogen (secondary N) is 2. The first-order valence-corrected chi connectivity index (χ1v) is 8.14. The van der Waals surface area contributed by atoms with Crippen LogP contribution >= 0.6 is 11.3 Å². The van der Waals surface area contributed by atoms with E-state index in [4.69, 9.17) is 5.11 Å². The lowest BCUT2D eigenvalue weighted by molar-refractivity contribution is -0.142. The number of amides is 2. The zero-order valence-electron chi connectivity index (χ0n) is 12.8. The number of carbonyl (C=O) groups is 3. The first kappa shape index (κ1) is 18.2. The number of rotatable bonds is 9. The normalized spacial score (nSPS) is 12.0. The van der Waals surface area contributed by atoms with Crippen molar-refractivity contribution < 1.29 is 19.5 Å². The van der Waals surface area contributed by atoms with Gasteiger partial charge in [-0.2, -0.15) is 11.3 Å². The van der Waals surface area contributed by atoms with Gasteiger partial charge in [-0.15, -0.1) is 0 Å². The van der Waals surface area contributed by atoms with Crippen molar-refractivity contribution in [3.05, 3.63) is 22.4 Å². The molecule has 0 aromatic carbocycles. The summed E-state index contributed by atoms with van der Waals surface area (Å²) in [5.74, 6) is -1.70. The van der Waals surface area contributed by atoms with Gasteiger partial charge in [0.2, 0.25) is 5.91 Å². The van der Waals surface area contributed by atoms with Crippen molar-refractivity contribution in [2.75, 3.05) is 13.1 Å². The van der Waals surface area contributed by atoms with Gasteiger partial charge in [0.25, 0.3) is 5.91 Å². The summed E-state index contributed by atoms with van der Waals surface area (Å²) < 4.78 is 0. The molecule has 0 spiro atoms. The van der Waals surface area contributed by atoms with Crippen molar-refractivity contribution in [1.82, 2.24) is 10.6 Å². The van der Waals surface area contributed by atoms with E-state index in [0.29, 0.717) is 12.0 Å². The van der Waals surface area contributed by atoms with Gasteiger partial charge >= 0.3 is 5.97 Å². The van der Waals surface area contributed by atoms with E-state index in [-0.39, 0.29) is 37.2 Å². The first-order chi connectivity index (χ1) is 10.4. The van der Waals surface area contributed by atoms with Gasteiger partial charge in [-0.1, -0.05) is 13.8 Å². The standard InChI is InChI=1S/C15H22N2O4S/c1-10(2)7-12(15(20)21)8-17-13(18)3-5-16-14(19)11-4-6-22-9-11/h4,6,9-10,12H,3,5,7-8H2,1-2H3,(H,16,19)(H,17,18)(H,20,21).